The molecule has 34 heavy (non-hydrogen) atoms. The van der Waals surface area contributed by atoms with Gasteiger partial charge in [-0.1, -0.05) is 36.4 Å². The highest BCUT2D eigenvalue weighted by Gasteiger charge is 2.20. The monoisotopic (exact) mass is 464 g/mol. The molecule has 0 aliphatic carbocycles. The first-order valence-corrected chi connectivity index (χ1v) is 10.7. The summed E-state index contributed by atoms with van der Waals surface area (Å²) in [7, 11) is 2.96. The van der Waals surface area contributed by atoms with Crippen LogP contribution in [0, 0.1) is 0 Å². The van der Waals surface area contributed by atoms with E-state index in [9.17, 15) is 14.4 Å². The molecule has 0 radical (unpaired) electrons. The first kappa shape index (κ1) is 24.4. The summed E-state index contributed by atoms with van der Waals surface area (Å²) < 4.78 is 12.3. The van der Waals surface area contributed by atoms with Gasteiger partial charge in [0.2, 0.25) is 0 Å². The maximum atomic E-state index is 12.8. The Hall–Kier alpha value is -4.27. The van der Waals surface area contributed by atoms with E-state index >= 15 is 0 Å². The van der Waals surface area contributed by atoms with Crippen LogP contribution in [0.2, 0.25) is 0 Å². The van der Waals surface area contributed by atoms with Crippen molar-refractivity contribution in [2.75, 3.05) is 24.8 Å². The number of ether oxygens (including phenoxy) is 2. The second-order valence-corrected chi connectivity index (χ2v) is 7.87. The second-order valence-electron chi connectivity index (χ2n) is 7.87. The van der Waals surface area contributed by atoms with Crippen molar-refractivity contribution >= 4 is 23.5 Å². The van der Waals surface area contributed by atoms with Crippen molar-refractivity contribution < 1.29 is 14.3 Å². The van der Waals surface area contributed by atoms with Crippen molar-refractivity contribution in [3.05, 3.63) is 86.6 Å². The van der Waals surface area contributed by atoms with Crippen molar-refractivity contribution in [3.63, 3.8) is 0 Å². The third kappa shape index (κ3) is 5.55. The Kier molecular flexibility index (Phi) is 7.57. The van der Waals surface area contributed by atoms with E-state index < -0.39 is 17.2 Å². The molecular weight excluding hydrogens is 436 g/mol. The Morgan fingerprint density at radius 1 is 1.15 bits per heavy atom. The molecule has 0 unspecified atom stereocenters. The van der Waals surface area contributed by atoms with Gasteiger partial charge in [-0.3, -0.25) is 19.1 Å². The highest BCUT2D eigenvalue weighted by Crippen LogP contribution is 2.29. The summed E-state index contributed by atoms with van der Waals surface area (Å²) in [6, 6.07) is 14.5. The topological polar surface area (TPSA) is 120 Å². The summed E-state index contributed by atoms with van der Waals surface area (Å²) in [6.07, 6.45) is 2.88. The lowest BCUT2D eigenvalue weighted by molar-refractivity contribution is -0.113. The van der Waals surface area contributed by atoms with E-state index in [0.717, 1.165) is 10.5 Å². The normalized spacial score (nSPS) is 11.1. The van der Waals surface area contributed by atoms with Crippen LogP contribution >= 0.6 is 0 Å². The van der Waals surface area contributed by atoms with E-state index in [1.807, 2.05) is 44.2 Å². The quantitative estimate of drug-likeness (QED) is 0.495. The third-order valence-corrected chi connectivity index (χ3v) is 5.03. The average Bonchev–Trinajstić information content (AvgIpc) is 2.81. The summed E-state index contributed by atoms with van der Waals surface area (Å²) in [4.78, 5) is 41.0. The molecule has 2 aromatic carbocycles. The molecule has 178 valence electrons. The highest BCUT2D eigenvalue weighted by atomic mass is 16.5. The summed E-state index contributed by atoms with van der Waals surface area (Å²) in [5.74, 6) is 0.533. The van der Waals surface area contributed by atoms with Crippen LogP contribution in [0.3, 0.4) is 0 Å². The molecule has 1 aromatic heterocycles. The lowest BCUT2D eigenvalue weighted by atomic mass is 10.2. The lowest BCUT2D eigenvalue weighted by Crippen LogP contribution is -2.39. The summed E-state index contributed by atoms with van der Waals surface area (Å²) >= 11 is 0. The van der Waals surface area contributed by atoms with Crippen molar-refractivity contribution in [1.82, 2.24) is 9.55 Å². The van der Waals surface area contributed by atoms with Crippen molar-refractivity contribution in [1.29, 1.82) is 0 Å². The number of benzene rings is 2. The predicted octanol–water partition coefficient (Wildman–Crippen LogP) is 2.64. The molecule has 3 rings (SSSR count). The van der Waals surface area contributed by atoms with Gasteiger partial charge < -0.3 is 20.1 Å². The number of methoxy groups -OCH3 is 1. The average molecular weight is 465 g/mol. The zero-order valence-corrected chi connectivity index (χ0v) is 19.6. The molecule has 3 aromatic rings. The summed E-state index contributed by atoms with van der Waals surface area (Å²) in [5.41, 5.74) is 6.19. The van der Waals surface area contributed by atoms with Crippen LogP contribution in [0.15, 0.2) is 64.2 Å². The number of nitrogens with two attached hydrogens (primary N) is 1. The van der Waals surface area contributed by atoms with Crippen molar-refractivity contribution in [2.24, 2.45) is 0 Å². The van der Waals surface area contributed by atoms with E-state index in [1.54, 1.807) is 24.3 Å². The SMILES string of the molecule is COc1cc(/C=C/C(=O)N(C)c2c(N)n(Cc3ccccc3)c(=O)[nH]c2=O)ccc1OC(C)C. The highest BCUT2D eigenvalue weighted by molar-refractivity contribution is 6.04. The number of anilines is 2. The van der Waals surface area contributed by atoms with Gasteiger partial charge in [0.15, 0.2) is 17.2 Å². The van der Waals surface area contributed by atoms with Crippen molar-refractivity contribution in [3.8, 4) is 11.5 Å². The van der Waals surface area contributed by atoms with Gasteiger partial charge in [0.25, 0.3) is 11.5 Å². The molecule has 1 amide bonds. The largest absolute Gasteiger partial charge is 0.493 e. The number of carbonyl (C=O) groups excluding carboxylic acids is 1. The maximum absolute atomic E-state index is 12.8. The number of likely N-dealkylation sites (N-methyl/N-ethyl adjacent to an activating group) is 1. The molecule has 0 aliphatic rings. The molecule has 0 saturated heterocycles. The molecule has 0 atom stereocenters. The van der Waals surface area contributed by atoms with Gasteiger partial charge in [-0.15, -0.1) is 0 Å². The van der Waals surface area contributed by atoms with Crippen LogP contribution < -0.4 is 31.4 Å². The number of nitrogen functional groups attached to an aromatic ring is 1. The molecule has 0 bridgehead atoms. The first-order valence-electron chi connectivity index (χ1n) is 10.7. The third-order valence-electron chi connectivity index (χ3n) is 5.03. The zero-order valence-electron chi connectivity index (χ0n) is 19.6. The Morgan fingerprint density at radius 2 is 1.85 bits per heavy atom. The number of hydrogen-bond acceptors (Lipinski definition) is 6. The van der Waals surface area contributed by atoms with Gasteiger partial charge in [0.1, 0.15) is 5.82 Å². The molecule has 9 heteroatoms. The Balaban J connectivity index is 1.87. The number of nitrogens with zero attached hydrogens (tertiary/aromatic N) is 2. The van der Waals surface area contributed by atoms with Crippen LogP contribution in [0.5, 0.6) is 11.5 Å². The van der Waals surface area contributed by atoms with Crippen LogP contribution in [-0.2, 0) is 11.3 Å². The van der Waals surface area contributed by atoms with E-state index in [4.69, 9.17) is 15.2 Å². The van der Waals surface area contributed by atoms with Gasteiger partial charge >= 0.3 is 5.69 Å². The van der Waals surface area contributed by atoms with Crippen LogP contribution in [-0.4, -0.2) is 35.7 Å². The molecule has 1 heterocycles. The minimum absolute atomic E-state index is 0.0146. The predicted molar refractivity (Wildman–Crippen MR) is 132 cm³/mol. The lowest BCUT2D eigenvalue weighted by Gasteiger charge is -2.19. The second kappa shape index (κ2) is 10.6. The summed E-state index contributed by atoms with van der Waals surface area (Å²) in [5, 5.41) is 0. The fourth-order valence-electron chi connectivity index (χ4n) is 3.35. The first-order chi connectivity index (χ1) is 16.2. The van der Waals surface area contributed by atoms with Gasteiger partial charge in [0.05, 0.1) is 19.8 Å². The van der Waals surface area contributed by atoms with Gasteiger partial charge in [0, 0.05) is 13.1 Å². The van der Waals surface area contributed by atoms with Gasteiger partial charge in [-0.05, 0) is 43.2 Å². The smallest absolute Gasteiger partial charge is 0.330 e. The summed E-state index contributed by atoms with van der Waals surface area (Å²) in [6.45, 7) is 3.98. The number of nitrogens with one attached hydrogen (secondary N) is 1. The van der Waals surface area contributed by atoms with Crippen LogP contribution in [0.4, 0.5) is 11.5 Å². The zero-order chi connectivity index (χ0) is 24.8. The Bertz CT molecular complexity index is 1310. The molecule has 9 nitrogen and oxygen atoms in total. The maximum Gasteiger partial charge on any atom is 0.330 e. The molecule has 3 N–H and O–H groups in total. The fourth-order valence-corrected chi connectivity index (χ4v) is 3.35. The van der Waals surface area contributed by atoms with Gasteiger partial charge in [-0.2, -0.15) is 0 Å². The number of amides is 1. The number of carbonyl (C=O) groups is 1. The van der Waals surface area contributed by atoms with Crippen LogP contribution in [0.25, 0.3) is 6.08 Å². The number of aromatic nitrogens is 2. The Morgan fingerprint density at radius 3 is 2.50 bits per heavy atom. The number of H-pyrrole nitrogens is 1. The molecule has 0 spiro atoms. The minimum Gasteiger partial charge on any atom is -0.493 e. The van der Waals surface area contributed by atoms with E-state index in [1.165, 1.54) is 24.8 Å². The standard InChI is InChI=1S/C25H28N4O5/c1-16(2)34-19-12-10-17(14-20(19)33-4)11-13-21(30)28(3)22-23(26)29(25(32)27-24(22)31)15-18-8-6-5-7-9-18/h5-14,16H,15,26H2,1-4H3,(H,27,31,32)/b13-11+. The molecule has 0 aliphatic heterocycles. The number of hydrogen-bond donors (Lipinski definition) is 2. The fraction of sp³-hybridized carbons (Fsp3) is 0.240. The van der Waals surface area contributed by atoms with E-state index in [0.29, 0.717) is 17.1 Å². The van der Waals surface area contributed by atoms with Crippen LogP contribution in [0.1, 0.15) is 25.0 Å². The van der Waals surface area contributed by atoms with Crippen molar-refractivity contribution in [2.45, 2.75) is 26.5 Å². The molecule has 0 fully saturated rings. The van der Waals surface area contributed by atoms with E-state index in [2.05, 4.69) is 4.98 Å². The molecular formula is C25H28N4O5. The van der Waals surface area contributed by atoms with E-state index in [-0.39, 0.29) is 24.2 Å². The minimum atomic E-state index is -0.743. The van der Waals surface area contributed by atoms with Gasteiger partial charge in [-0.25, -0.2) is 4.79 Å². The molecule has 0 saturated carbocycles. The number of aromatic amines is 1. The Labute approximate surface area is 197 Å². The number of rotatable bonds is 8.